The molecule has 2 aliphatic heterocycles. The molecule has 1 amide bonds. The summed E-state index contributed by atoms with van der Waals surface area (Å²) in [5, 5.41) is 0. The van der Waals surface area contributed by atoms with Crippen molar-refractivity contribution in [1.29, 1.82) is 0 Å². The van der Waals surface area contributed by atoms with Gasteiger partial charge in [-0.05, 0) is 42.8 Å². The average molecular weight is 322 g/mol. The van der Waals surface area contributed by atoms with Gasteiger partial charge in [0.25, 0.3) is 0 Å². The van der Waals surface area contributed by atoms with E-state index in [1.807, 2.05) is 12.1 Å². The number of rotatable bonds is 3. The first kappa shape index (κ1) is 14.4. The van der Waals surface area contributed by atoms with Gasteiger partial charge in [0.05, 0.1) is 6.26 Å². The lowest BCUT2D eigenvalue weighted by Gasteiger charge is -2.15. The molecule has 4 rings (SSSR count). The van der Waals surface area contributed by atoms with Gasteiger partial charge in [-0.25, -0.2) is 9.79 Å². The highest BCUT2D eigenvalue weighted by molar-refractivity contribution is 6.12. The molecule has 24 heavy (non-hydrogen) atoms. The maximum Gasteiger partial charge on any atom is 0.363 e. The molecule has 0 spiro atoms. The van der Waals surface area contributed by atoms with Crippen LogP contribution in [0.2, 0.25) is 0 Å². The van der Waals surface area contributed by atoms with Crippen LogP contribution in [-0.4, -0.2) is 24.3 Å². The molecule has 1 fully saturated rings. The molecule has 0 bridgehead atoms. The zero-order chi connectivity index (χ0) is 16.5. The molecule has 0 saturated carbocycles. The third kappa shape index (κ3) is 2.62. The molecule has 1 saturated heterocycles. The van der Waals surface area contributed by atoms with Gasteiger partial charge < -0.3 is 14.1 Å². The lowest BCUT2D eigenvalue weighted by atomic mass is 10.2. The van der Waals surface area contributed by atoms with Gasteiger partial charge in [0.2, 0.25) is 11.8 Å². The summed E-state index contributed by atoms with van der Waals surface area (Å²) in [7, 11) is 0. The van der Waals surface area contributed by atoms with E-state index in [0.717, 1.165) is 18.7 Å². The van der Waals surface area contributed by atoms with Crippen LogP contribution in [0.1, 0.15) is 24.2 Å². The lowest BCUT2D eigenvalue weighted by Crippen LogP contribution is -2.23. The number of furan rings is 1. The summed E-state index contributed by atoms with van der Waals surface area (Å²) in [5.41, 5.74) is 1.72. The van der Waals surface area contributed by atoms with E-state index >= 15 is 0 Å². The van der Waals surface area contributed by atoms with Crippen molar-refractivity contribution in [3.05, 3.63) is 59.7 Å². The molecule has 2 aliphatic rings. The number of cyclic esters (lactones) is 1. The highest BCUT2D eigenvalue weighted by atomic mass is 16.6. The first-order valence-electron chi connectivity index (χ1n) is 7.67. The topological polar surface area (TPSA) is 72.1 Å². The molecule has 1 aromatic carbocycles. The zero-order valence-electron chi connectivity index (χ0n) is 12.8. The second-order valence-electron chi connectivity index (χ2n) is 5.55. The van der Waals surface area contributed by atoms with Crippen molar-refractivity contribution in [3.8, 4) is 0 Å². The Labute approximate surface area is 138 Å². The minimum atomic E-state index is -0.514. The van der Waals surface area contributed by atoms with Crippen LogP contribution < -0.4 is 4.90 Å². The van der Waals surface area contributed by atoms with Crippen molar-refractivity contribution < 1.29 is 18.7 Å². The summed E-state index contributed by atoms with van der Waals surface area (Å²) in [5.74, 6) is 0.406. The van der Waals surface area contributed by atoms with Gasteiger partial charge in [-0.3, -0.25) is 4.79 Å². The Hall–Kier alpha value is -3.15. The predicted molar refractivity (Wildman–Crippen MR) is 87.3 cm³/mol. The van der Waals surface area contributed by atoms with E-state index < -0.39 is 5.97 Å². The number of aliphatic imine (C=N–C) groups is 1. The van der Waals surface area contributed by atoms with Crippen LogP contribution >= 0.6 is 0 Å². The first-order valence-corrected chi connectivity index (χ1v) is 7.67. The van der Waals surface area contributed by atoms with E-state index in [-0.39, 0.29) is 17.5 Å². The van der Waals surface area contributed by atoms with Gasteiger partial charge in [0.15, 0.2) is 5.70 Å². The van der Waals surface area contributed by atoms with E-state index in [1.165, 1.54) is 12.3 Å². The van der Waals surface area contributed by atoms with Crippen molar-refractivity contribution in [3.63, 3.8) is 0 Å². The molecular formula is C18H14N2O4. The fraction of sp³-hybridized carbons (Fsp3) is 0.167. The monoisotopic (exact) mass is 322 g/mol. The van der Waals surface area contributed by atoms with Crippen molar-refractivity contribution in [2.45, 2.75) is 12.8 Å². The molecule has 120 valence electrons. The summed E-state index contributed by atoms with van der Waals surface area (Å²) in [6.45, 7) is 0.740. The van der Waals surface area contributed by atoms with E-state index in [9.17, 15) is 9.59 Å². The standard InChI is InChI=1S/C18H14N2O4/c21-16-4-1-9-20(16)13-7-5-12(6-8-13)17-19-15(18(22)24-17)11-14-3-2-10-23-14/h2-3,5-8,10-11H,1,4,9H2/b15-11-. The Balaban J connectivity index is 1.58. The molecule has 0 atom stereocenters. The minimum absolute atomic E-state index is 0.135. The largest absolute Gasteiger partial charge is 0.465 e. The van der Waals surface area contributed by atoms with Crippen LogP contribution in [0.5, 0.6) is 0 Å². The number of benzene rings is 1. The SMILES string of the molecule is O=C1OC(c2ccc(N3CCCC3=O)cc2)=N/C1=C\c1ccco1. The molecule has 0 N–H and O–H groups in total. The second kappa shape index (κ2) is 5.81. The van der Waals surface area contributed by atoms with Crippen molar-refractivity contribution in [2.24, 2.45) is 4.99 Å². The Bertz CT molecular complexity index is 848. The van der Waals surface area contributed by atoms with Crippen LogP contribution in [-0.2, 0) is 14.3 Å². The number of carbonyl (C=O) groups excluding carboxylic acids is 2. The predicted octanol–water partition coefficient (Wildman–Crippen LogP) is 2.75. The number of nitrogens with zero attached hydrogens (tertiary/aromatic N) is 2. The highest BCUT2D eigenvalue weighted by Crippen LogP contribution is 2.24. The quantitative estimate of drug-likeness (QED) is 0.643. The van der Waals surface area contributed by atoms with Crippen LogP contribution in [0, 0.1) is 0 Å². The Morgan fingerprint density at radius 3 is 2.62 bits per heavy atom. The number of esters is 1. The van der Waals surface area contributed by atoms with Gasteiger partial charge in [0.1, 0.15) is 5.76 Å². The lowest BCUT2D eigenvalue weighted by molar-refractivity contribution is -0.130. The molecule has 0 unspecified atom stereocenters. The van der Waals surface area contributed by atoms with E-state index in [0.29, 0.717) is 17.7 Å². The van der Waals surface area contributed by atoms with Crippen LogP contribution in [0.25, 0.3) is 6.08 Å². The maximum absolute atomic E-state index is 11.9. The normalized spacial score (nSPS) is 19.1. The molecule has 1 aromatic heterocycles. The van der Waals surface area contributed by atoms with Gasteiger partial charge in [-0.1, -0.05) is 0 Å². The van der Waals surface area contributed by atoms with Gasteiger partial charge >= 0.3 is 5.97 Å². The van der Waals surface area contributed by atoms with Crippen molar-refractivity contribution in [1.82, 2.24) is 0 Å². The first-order chi connectivity index (χ1) is 11.7. The third-order valence-electron chi connectivity index (χ3n) is 3.94. The van der Waals surface area contributed by atoms with Crippen molar-refractivity contribution in [2.75, 3.05) is 11.4 Å². The van der Waals surface area contributed by atoms with E-state index in [2.05, 4.69) is 4.99 Å². The number of carbonyl (C=O) groups is 2. The fourth-order valence-electron chi connectivity index (χ4n) is 2.75. The van der Waals surface area contributed by atoms with Crippen LogP contribution in [0.4, 0.5) is 5.69 Å². The molecule has 2 aromatic rings. The number of hydrogen-bond donors (Lipinski definition) is 0. The Morgan fingerprint density at radius 1 is 1.12 bits per heavy atom. The van der Waals surface area contributed by atoms with Crippen LogP contribution in [0.3, 0.4) is 0 Å². The second-order valence-corrected chi connectivity index (χ2v) is 5.55. The average Bonchev–Trinajstić information content (AvgIpc) is 3.31. The summed E-state index contributed by atoms with van der Waals surface area (Å²) in [4.78, 5) is 29.7. The maximum atomic E-state index is 11.9. The highest BCUT2D eigenvalue weighted by Gasteiger charge is 2.25. The number of amides is 1. The molecule has 6 heteroatoms. The minimum Gasteiger partial charge on any atom is -0.465 e. The van der Waals surface area contributed by atoms with Gasteiger partial charge in [-0.2, -0.15) is 0 Å². The number of anilines is 1. The van der Waals surface area contributed by atoms with Crippen LogP contribution in [0.15, 0.2) is 57.8 Å². The molecule has 3 heterocycles. The van der Waals surface area contributed by atoms with Gasteiger partial charge in [-0.15, -0.1) is 0 Å². The number of ether oxygens (including phenoxy) is 1. The van der Waals surface area contributed by atoms with Gasteiger partial charge in [0, 0.05) is 30.3 Å². The molecule has 0 radical (unpaired) electrons. The molecule has 0 aliphatic carbocycles. The molecular weight excluding hydrogens is 308 g/mol. The van der Waals surface area contributed by atoms with E-state index in [4.69, 9.17) is 9.15 Å². The van der Waals surface area contributed by atoms with Crippen molar-refractivity contribution >= 4 is 29.5 Å². The fourth-order valence-corrected chi connectivity index (χ4v) is 2.75. The number of hydrogen-bond acceptors (Lipinski definition) is 5. The Morgan fingerprint density at radius 2 is 1.96 bits per heavy atom. The molecule has 6 nitrogen and oxygen atoms in total. The summed E-state index contributed by atoms with van der Waals surface area (Å²) in [6.07, 6.45) is 4.53. The summed E-state index contributed by atoms with van der Waals surface area (Å²) < 4.78 is 10.4. The smallest absolute Gasteiger partial charge is 0.363 e. The Kier molecular flexibility index (Phi) is 3.49. The summed E-state index contributed by atoms with van der Waals surface area (Å²) in [6, 6.07) is 10.7. The van der Waals surface area contributed by atoms with E-state index in [1.54, 1.807) is 29.2 Å². The zero-order valence-corrected chi connectivity index (χ0v) is 12.8. The summed E-state index contributed by atoms with van der Waals surface area (Å²) >= 11 is 0. The third-order valence-corrected chi connectivity index (χ3v) is 3.94.